The molecule has 0 saturated carbocycles. The van der Waals surface area contributed by atoms with Crippen LogP contribution < -0.4 is 21.3 Å². The number of nitrogens with one attached hydrogen (secondary N) is 3. The van der Waals surface area contributed by atoms with Gasteiger partial charge in [-0.15, -0.1) is 0 Å². The second-order valence-electron chi connectivity index (χ2n) is 4.06. The number of hydrogen-bond acceptors (Lipinski definition) is 4. The molecule has 104 valence electrons. The molecule has 7 heteroatoms. The number of aromatic nitrogens is 2. The van der Waals surface area contributed by atoms with Gasteiger partial charge in [0.15, 0.2) is 0 Å². The number of amides is 1. The third kappa shape index (κ3) is 2.61. The standard InChI is InChI=1S/C13H13N3O4/c1-7-10(12(18)16-13(19)14-7)15-11(17)8-5-3-4-6-9(8)20-2/h3-6H,1-2H3,(H,15,17)(H2,14,16,18,19). The van der Waals surface area contributed by atoms with Crippen molar-refractivity contribution in [3.63, 3.8) is 0 Å². The number of benzene rings is 1. The Kier molecular flexibility index (Phi) is 3.69. The molecular formula is C13H13N3O4. The number of ether oxygens (including phenoxy) is 1. The van der Waals surface area contributed by atoms with Crippen LogP contribution in [0.1, 0.15) is 16.1 Å². The number of para-hydroxylation sites is 1. The maximum absolute atomic E-state index is 12.1. The third-order valence-electron chi connectivity index (χ3n) is 2.72. The predicted molar refractivity (Wildman–Crippen MR) is 73.4 cm³/mol. The highest BCUT2D eigenvalue weighted by molar-refractivity contribution is 6.06. The first kappa shape index (κ1) is 13.6. The van der Waals surface area contributed by atoms with Gasteiger partial charge in [0, 0.05) is 5.69 Å². The first-order valence-corrected chi connectivity index (χ1v) is 5.80. The molecule has 0 aliphatic carbocycles. The van der Waals surface area contributed by atoms with Crippen LogP contribution in [0.25, 0.3) is 0 Å². The van der Waals surface area contributed by atoms with E-state index in [0.717, 1.165) is 0 Å². The lowest BCUT2D eigenvalue weighted by atomic mass is 10.2. The molecule has 0 aliphatic rings. The van der Waals surface area contributed by atoms with E-state index in [4.69, 9.17) is 4.74 Å². The molecule has 2 rings (SSSR count). The van der Waals surface area contributed by atoms with E-state index in [9.17, 15) is 14.4 Å². The molecule has 1 aromatic heterocycles. The fraction of sp³-hybridized carbons (Fsp3) is 0.154. The Balaban J connectivity index is 2.38. The molecule has 20 heavy (non-hydrogen) atoms. The van der Waals surface area contributed by atoms with Gasteiger partial charge in [-0.2, -0.15) is 0 Å². The highest BCUT2D eigenvalue weighted by atomic mass is 16.5. The summed E-state index contributed by atoms with van der Waals surface area (Å²) in [4.78, 5) is 39.3. The van der Waals surface area contributed by atoms with E-state index in [0.29, 0.717) is 11.3 Å². The lowest BCUT2D eigenvalue weighted by Crippen LogP contribution is -2.28. The van der Waals surface area contributed by atoms with Gasteiger partial charge in [-0.25, -0.2) is 4.79 Å². The summed E-state index contributed by atoms with van der Waals surface area (Å²) in [7, 11) is 1.45. The largest absolute Gasteiger partial charge is 0.496 e. The van der Waals surface area contributed by atoms with E-state index in [1.165, 1.54) is 14.0 Å². The van der Waals surface area contributed by atoms with Gasteiger partial charge in [-0.3, -0.25) is 14.6 Å². The van der Waals surface area contributed by atoms with Crippen LogP contribution in [0.3, 0.4) is 0 Å². The van der Waals surface area contributed by atoms with Crippen LogP contribution in [0.4, 0.5) is 5.69 Å². The first-order valence-electron chi connectivity index (χ1n) is 5.80. The topological polar surface area (TPSA) is 104 Å². The molecule has 1 heterocycles. The molecular weight excluding hydrogens is 262 g/mol. The maximum atomic E-state index is 12.1. The van der Waals surface area contributed by atoms with E-state index in [1.807, 2.05) is 0 Å². The number of methoxy groups -OCH3 is 1. The smallest absolute Gasteiger partial charge is 0.326 e. The number of carbonyl (C=O) groups excluding carboxylic acids is 1. The average molecular weight is 275 g/mol. The Morgan fingerprint density at radius 1 is 1.20 bits per heavy atom. The molecule has 2 aromatic rings. The fourth-order valence-corrected chi connectivity index (χ4v) is 1.76. The molecule has 0 atom stereocenters. The van der Waals surface area contributed by atoms with E-state index in [1.54, 1.807) is 24.3 Å². The number of rotatable bonds is 3. The van der Waals surface area contributed by atoms with Gasteiger partial charge in [-0.05, 0) is 19.1 Å². The van der Waals surface area contributed by atoms with E-state index in [2.05, 4.69) is 15.3 Å². The number of anilines is 1. The van der Waals surface area contributed by atoms with Crippen LogP contribution in [0.2, 0.25) is 0 Å². The molecule has 0 fully saturated rings. The average Bonchev–Trinajstić information content (AvgIpc) is 2.42. The van der Waals surface area contributed by atoms with Gasteiger partial charge in [0.1, 0.15) is 11.4 Å². The third-order valence-corrected chi connectivity index (χ3v) is 2.72. The molecule has 0 spiro atoms. The minimum absolute atomic E-state index is 0.000469. The summed E-state index contributed by atoms with van der Waals surface area (Å²) in [5.74, 6) is -0.105. The lowest BCUT2D eigenvalue weighted by molar-refractivity contribution is 0.102. The lowest BCUT2D eigenvalue weighted by Gasteiger charge is -2.09. The van der Waals surface area contributed by atoms with Crippen LogP contribution in [0.5, 0.6) is 5.75 Å². The van der Waals surface area contributed by atoms with Gasteiger partial charge < -0.3 is 15.0 Å². The zero-order valence-corrected chi connectivity index (χ0v) is 10.9. The van der Waals surface area contributed by atoms with Crippen molar-refractivity contribution in [1.29, 1.82) is 0 Å². The number of carbonyl (C=O) groups is 1. The van der Waals surface area contributed by atoms with Crippen LogP contribution >= 0.6 is 0 Å². The minimum Gasteiger partial charge on any atom is -0.496 e. The van der Waals surface area contributed by atoms with Crippen molar-refractivity contribution in [2.24, 2.45) is 0 Å². The van der Waals surface area contributed by atoms with Gasteiger partial charge in [0.05, 0.1) is 12.7 Å². The van der Waals surface area contributed by atoms with Crippen LogP contribution in [-0.4, -0.2) is 23.0 Å². The van der Waals surface area contributed by atoms with Crippen molar-refractivity contribution in [2.75, 3.05) is 12.4 Å². The summed E-state index contributed by atoms with van der Waals surface area (Å²) in [6, 6.07) is 6.62. The Morgan fingerprint density at radius 2 is 1.90 bits per heavy atom. The van der Waals surface area contributed by atoms with Gasteiger partial charge >= 0.3 is 5.69 Å². The van der Waals surface area contributed by atoms with Gasteiger partial charge in [0.2, 0.25) is 0 Å². The molecule has 0 unspecified atom stereocenters. The summed E-state index contributed by atoms with van der Waals surface area (Å²) >= 11 is 0. The van der Waals surface area contributed by atoms with Gasteiger partial charge in [0.25, 0.3) is 11.5 Å². The predicted octanol–water partition coefficient (Wildman–Crippen LogP) is 0.633. The van der Waals surface area contributed by atoms with E-state index in [-0.39, 0.29) is 11.4 Å². The van der Waals surface area contributed by atoms with Crippen molar-refractivity contribution in [1.82, 2.24) is 9.97 Å². The molecule has 1 aromatic carbocycles. The fourth-order valence-electron chi connectivity index (χ4n) is 1.76. The van der Waals surface area contributed by atoms with Crippen LogP contribution in [0, 0.1) is 6.92 Å². The molecule has 1 amide bonds. The minimum atomic E-state index is -0.658. The highest BCUT2D eigenvalue weighted by Gasteiger charge is 2.15. The van der Waals surface area contributed by atoms with Gasteiger partial charge in [-0.1, -0.05) is 12.1 Å². The number of aryl methyl sites for hydroxylation is 1. The Hall–Kier alpha value is -2.83. The monoisotopic (exact) mass is 275 g/mol. The summed E-state index contributed by atoms with van der Waals surface area (Å²) in [5, 5.41) is 2.46. The molecule has 3 N–H and O–H groups in total. The molecule has 0 aliphatic heterocycles. The van der Waals surface area contributed by atoms with Crippen molar-refractivity contribution >= 4 is 11.6 Å². The first-order chi connectivity index (χ1) is 9.52. The number of H-pyrrole nitrogens is 2. The Morgan fingerprint density at radius 3 is 2.55 bits per heavy atom. The molecule has 0 bridgehead atoms. The SMILES string of the molecule is COc1ccccc1C(=O)Nc1c(C)[nH]c(=O)[nH]c1=O. The highest BCUT2D eigenvalue weighted by Crippen LogP contribution is 2.18. The zero-order valence-electron chi connectivity index (χ0n) is 10.9. The van der Waals surface area contributed by atoms with Crippen molar-refractivity contribution in [3.8, 4) is 5.75 Å². The van der Waals surface area contributed by atoms with E-state index >= 15 is 0 Å². The second kappa shape index (κ2) is 5.43. The summed E-state index contributed by atoms with van der Waals surface area (Å²) < 4.78 is 5.08. The Bertz CT molecular complexity index is 761. The second-order valence-corrected chi connectivity index (χ2v) is 4.06. The number of aromatic amines is 2. The summed E-state index contributed by atoms with van der Waals surface area (Å²) in [6.45, 7) is 1.52. The molecule has 0 radical (unpaired) electrons. The zero-order chi connectivity index (χ0) is 14.7. The Labute approximate surface area is 113 Å². The van der Waals surface area contributed by atoms with Crippen LogP contribution in [0.15, 0.2) is 33.9 Å². The molecule has 7 nitrogen and oxygen atoms in total. The van der Waals surface area contributed by atoms with Crippen molar-refractivity contribution in [3.05, 3.63) is 56.4 Å². The van der Waals surface area contributed by atoms with Crippen LogP contribution in [-0.2, 0) is 0 Å². The molecule has 0 saturated heterocycles. The quantitative estimate of drug-likeness (QED) is 0.764. The normalized spacial score (nSPS) is 10.1. The summed E-state index contributed by atoms with van der Waals surface area (Å²) in [5.41, 5.74) is -0.709. The number of hydrogen-bond donors (Lipinski definition) is 3. The maximum Gasteiger partial charge on any atom is 0.326 e. The van der Waals surface area contributed by atoms with Crippen molar-refractivity contribution in [2.45, 2.75) is 6.92 Å². The van der Waals surface area contributed by atoms with E-state index < -0.39 is 17.2 Å². The summed E-state index contributed by atoms with van der Waals surface area (Å²) in [6.07, 6.45) is 0. The van der Waals surface area contributed by atoms with Crippen molar-refractivity contribution < 1.29 is 9.53 Å².